The first-order valence-corrected chi connectivity index (χ1v) is 5.82. The molecule has 0 aliphatic rings. The molecule has 0 unspecified atom stereocenters. The molecule has 2 heterocycles. The maximum atomic E-state index is 11.4. The Balaban J connectivity index is 2.48. The third-order valence-corrected chi connectivity index (χ3v) is 2.55. The molecule has 6 nitrogen and oxygen atoms in total. The zero-order valence-corrected chi connectivity index (χ0v) is 11.4. The van der Waals surface area contributed by atoms with Crippen LogP contribution in [0.15, 0.2) is 18.5 Å². The number of halogens is 1. The summed E-state index contributed by atoms with van der Waals surface area (Å²) in [6.45, 7) is 1.78. The molecule has 0 fully saturated rings. The summed E-state index contributed by atoms with van der Waals surface area (Å²) in [4.78, 5) is 19.5. The first kappa shape index (κ1) is 12.0. The van der Waals surface area contributed by atoms with Gasteiger partial charge in [-0.2, -0.15) is 5.10 Å². The van der Waals surface area contributed by atoms with Crippen molar-refractivity contribution in [1.82, 2.24) is 19.7 Å². The highest BCUT2D eigenvalue weighted by molar-refractivity contribution is 14.1. The van der Waals surface area contributed by atoms with Gasteiger partial charge in [-0.05, 0) is 29.5 Å². The van der Waals surface area contributed by atoms with Gasteiger partial charge in [-0.25, -0.2) is 19.4 Å². The number of rotatable bonds is 2. The van der Waals surface area contributed by atoms with E-state index in [1.54, 1.807) is 23.9 Å². The van der Waals surface area contributed by atoms with Crippen LogP contribution in [0.25, 0.3) is 5.82 Å². The highest BCUT2D eigenvalue weighted by Crippen LogP contribution is 2.09. The number of ether oxygens (including phenoxy) is 1. The monoisotopic (exact) mass is 344 g/mol. The first-order chi connectivity index (χ1) is 8.10. The third-order valence-electron chi connectivity index (χ3n) is 1.99. The molecule has 2 rings (SSSR count). The van der Waals surface area contributed by atoms with E-state index in [2.05, 4.69) is 42.4 Å². The molecule has 0 saturated carbocycles. The molecular weight excluding hydrogens is 335 g/mol. The molecule has 0 bridgehead atoms. The van der Waals surface area contributed by atoms with Crippen LogP contribution >= 0.6 is 22.6 Å². The Kier molecular flexibility index (Phi) is 3.36. The number of hydrogen-bond acceptors (Lipinski definition) is 5. The summed E-state index contributed by atoms with van der Waals surface area (Å²) < 4.78 is 7.16. The smallest absolute Gasteiger partial charge is 0.376 e. The van der Waals surface area contributed by atoms with Crippen molar-refractivity contribution in [2.45, 2.75) is 6.92 Å². The van der Waals surface area contributed by atoms with Crippen molar-refractivity contribution in [1.29, 1.82) is 0 Å². The minimum absolute atomic E-state index is 0.0352. The molecule has 0 aliphatic heterocycles. The van der Waals surface area contributed by atoms with Gasteiger partial charge in [0.05, 0.1) is 16.9 Å². The summed E-state index contributed by atoms with van der Waals surface area (Å²) in [5.74, 6) is 0.0191. The number of nitrogens with zero attached hydrogens (tertiary/aromatic N) is 4. The molecule has 0 aromatic carbocycles. The van der Waals surface area contributed by atoms with E-state index in [-0.39, 0.29) is 5.82 Å². The second kappa shape index (κ2) is 4.78. The maximum absolute atomic E-state index is 11.4. The van der Waals surface area contributed by atoms with Crippen molar-refractivity contribution >= 4 is 28.6 Å². The SMILES string of the molecule is COC(=O)c1nc(C)cc(-n2cc(I)cn2)n1. The van der Waals surface area contributed by atoms with Gasteiger partial charge in [-0.1, -0.05) is 0 Å². The normalized spacial score (nSPS) is 10.3. The third kappa shape index (κ3) is 2.60. The van der Waals surface area contributed by atoms with Gasteiger partial charge in [0.1, 0.15) is 0 Å². The summed E-state index contributed by atoms with van der Waals surface area (Å²) in [6.07, 6.45) is 3.51. The molecule has 0 saturated heterocycles. The molecule has 0 aliphatic carbocycles. The lowest BCUT2D eigenvalue weighted by molar-refractivity contribution is 0.0586. The van der Waals surface area contributed by atoms with Crippen molar-refractivity contribution in [2.24, 2.45) is 0 Å². The summed E-state index contributed by atoms with van der Waals surface area (Å²) in [5, 5.41) is 4.12. The second-order valence-electron chi connectivity index (χ2n) is 3.29. The molecule has 0 atom stereocenters. The number of hydrogen-bond donors (Lipinski definition) is 0. The molecule has 2 aromatic heterocycles. The van der Waals surface area contributed by atoms with E-state index in [1.165, 1.54) is 7.11 Å². The average Bonchev–Trinajstić information content (AvgIpc) is 2.74. The van der Waals surface area contributed by atoms with Crippen LogP contribution in [-0.4, -0.2) is 32.8 Å². The molecule has 0 spiro atoms. The average molecular weight is 344 g/mol. The topological polar surface area (TPSA) is 69.9 Å². The summed E-state index contributed by atoms with van der Waals surface area (Å²) >= 11 is 2.15. The summed E-state index contributed by atoms with van der Waals surface area (Å²) in [5.41, 5.74) is 0.681. The molecule has 0 radical (unpaired) electrons. The number of methoxy groups -OCH3 is 1. The molecule has 17 heavy (non-hydrogen) atoms. The summed E-state index contributed by atoms with van der Waals surface area (Å²) in [6, 6.07) is 1.75. The van der Waals surface area contributed by atoms with Crippen LogP contribution in [-0.2, 0) is 4.74 Å². The Labute approximate surface area is 111 Å². The highest BCUT2D eigenvalue weighted by atomic mass is 127. The van der Waals surface area contributed by atoms with E-state index in [1.807, 2.05) is 6.20 Å². The van der Waals surface area contributed by atoms with Gasteiger partial charge in [-0.3, -0.25) is 0 Å². The Hall–Kier alpha value is -1.51. The quantitative estimate of drug-likeness (QED) is 0.608. The Morgan fingerprint density at radius 1 is 1.47 bits per heavy atom. The predicted molar refractivity (Wildman–Crippen MR) is 67.9 cm³/mol. The van der Waals surface area contributed by atoms with E-state index < -0.39 is 5.97 Å². The molecule has 88 valence electrons. The van der Waals surface area contributed by atoms with Crippen molar-refractivity contribution in [3.63, 3.8) is 0 Å². The van der Waals surface area contributed by atoms with E-state index in [9.17, 15) is 4.79 Å². The Morgan fingerprint density at radius 3 is 2.82 bits per heavy atom. The molecule has 0 amide bonds. The lowest BCUT2D eigenvalue weighted by Gasteiger charge is -2.04. The van der Waals surface area contributed by atoms with Crippen molar-refractivity contribution in [2.75, 3.05) is 7.11 Å². The lowest BCUT2D eigenvalue weighted by Crippen LogP contribution is -2.11. The maximum Gasteiger partial charge on any atom is 0.376 e. The van der Waals surface area contributed by atoms with Gasteiger partial charge < -0.3 is 4.74 Å². The fourth-order valence-corrected chi connectivity index (χ4v) is 1.67. The predicted octanol–water partition coefficient (Wildman–Crippen LogP) is 1.36. The number of carbonyl (C=O) groups excluding carboxylic acids is 1. The molecular formula is C10H9IN4O2. The number of aryl methyl sites for hydroxylation is 1. The highest BCUT2D eigenvalue weighted by Gasteiger charge is 2.12. The minimum atomic E-state index is -0.559. The van der Waals surface area contributed by atoms with E-state index in [0.29, 0.717) is 11.5 Å². The molecule has 2 aromatic rings. The number of carbonyl (C=O) groups is 1. The van der Waals surface area contributed by atoms with E-state index in [0.717, 1.165) is 3.57 Å². The standard InChI is InChI=1S/C10H9IN4O2/c1-6-3-8(15-5-7(11)4-12-15)14-9(13-6)10(16)17-2/h3-5H,1-2H3. The van der Waals surface area contributed by atoms with Crippen molar-refractivity contribution in [3.05, 3.63) is 33.5 Å². The van der Waals surface area contributed by atoms with Gasteiger partial charge in [0, 0.05) is 18.0 Å². The Bertz CT molecular complexity index is 567. The van der Waals surface area contributed by atoms with Crippen LogP contribution in [0, 0.1) is 10.5 Å². The van der Waals surface area contributed by atoms with Gasteiger partial charge in [-0.15, -0.1) is 0 Å². The van der Waals surface area contributed by atoms with Crippen LogP contribution in [0.1, 0.15) is 16.3 Å². The van der Waals surface area contributed by atoms with E-state index >= 15 is 0 Å². The zero-order valence-electron chi connectivity index (χ0n) is 9.22. The van der Waals surface area contributed by atoms with Crippen LogP contribution in [0.5, 0.6) is 0 Å². The van der Waals surface area contributed by atoms with Gasteiger partial charge in [0.2, 0.25) is 5.82 Å². The van der Waals surface area contributed by atoms with Gasteiger partial charge in [0.15, 0.2) is 5.82 Å². The van der Waals surface area contributed by atoms with Crippen molar-refractivity contribution in [3.8, 4) is 5.82 Å². The van der Waals surface area contributed by atoms with Crippen molar-refractivity contribution < 1.29 is 9.53 Å². The van der Waals surface area contributed by atoms with Crippen LogP contribution in [0.2, 0.25) is 0 Å². The second-order valence-corrected chi connectivity index (χ2v) is 4.53. The lowest BCUT2D eigenvalue weighted by atomic mass is 10.4. The zero-order chi connectivity index (χ0) is 12.4. The van der Waals surface area contributed by atoms with Crippen LogP contribution in [0.3, 0.4) is 0 Å². The van der Waals surface area contributed by atoms with Crippen LogP contribution < -0.4 is 0 Å². The minimum Gasteiger partial charge on any atom is -0.463 e. The number of esters is 1. The van der Waals surface area contributed by atoms with Crippen LogP contribution in [0.4, 0.5) is 0 Å². The van der Waals surface area contributed by atoms with Gasteiger partial charge >= 0.3 is 5.97 Å². The largest absolute Gasteiger partial charge is 0.463 e. The fraction of sp³-hybridized carbons (Fsp3) is 0.200. The Morgan fingerprint density at radius 2 is 2.24 bits per heavy atom. The molecule has 0 N–H and O–H groups in total. The first-order valence-electron chi connectivity index (χ1n) is 4.74. The molecule has 7 heteroatoms. The fourth-order valence-electron chi connectivity index (χ4n) is 1.28. The summed E-state index contributed by atoms with van der Waals surface area (Å²) in [7, 11) is 1.30. The van der Waals surface area contributed by atoms with Gasteiger partial charge in [0.25, 0.3) is 0 Å². The van der Waals surface area contributed by atoms with E-state index in [4.69, 9.17) is 0 Å². The number of aromatic nitrogens is 4.